The predicted molar refractivity (Wildman–Crippen MR) is 134 cm³/mol. The summed E-state index contributed by atoms with van der Waals surface area (Å²) in [5.41, 5.74) is 2.58. The van der Waals surface area contributed by atoms with Gasteiger partial charge in [-0.15, -0.1) is 0 Å². The summed E-state index contributed by atoms with van der Waals surface area (Å²) in [6, 6.07) is 26.2. The summed E-state index contributed by atoms with van der Waals surface area (Å²) < 4.78 is 10.6. The standard InChI is InChI=1S/C28H32N2O2/c1-19(21-5-7-25-17-27(31-3)11-9-23(25)15-21)29-13-14-30-20(2)22-6-8-26-18-28(32-4)12-10-24(26)16-22/h5-12,15-20,29-30H,13-14H2,1-4H3. The van der Waals surface area contributed by atoms with Crippen LogP contribution in [0.15, 0.2) is 72.8 Å². The molecule has 0 fully saturated rings. The van der Waals surface area contributed by atoms with Gasteiger partial charge in [-0.1, -0.05) is 36.4 Å². The maximum Gasteiger partial charge on any atom is 0.119 e. The van der Waals surface area contributed by atoms with E-state index in [4.69, 9.17) is 9.47 Å². The van der Waals surface area contributed by atoms with Crippen LogP contribution in [0.2, 0.25) is 0 Å². The van der Waals surface area contributed by atoms with E-state index in [0.717, 1.165) is 24.6 Å². The smallest absolute Gasteiger partial charge is 0.119 e. The Kier molecular flexibility index (Phi) is 6.93. The maximum absolute atomic E-state index is 5.32. The summed E-state index contributed by atoms with van der Waals surface area (Å²) in [5.74, 6) is 1.78. The molecule has 2 atom stereocenters. The Bertz CT molecular complexity index is 1110. The fraction of sp³-hybridized carbons (Fsp3) is 0.286. The van der Waals surface area contributed by atoms with Gasteiger partial charge in [0, 0.05) is 25.2 Å². The van der Waals surface area contributed by atoms with Crippen LogP contribution in [0.5, 0.6) is 11.5 Å². The summed E-state index contributed by atoms with van der Waals surface area (Å²) in [7, 11) is 3.40. The summed E-state index contributed by atoms with van der Waals surface area (Å²) in [6.45, 7) is 6.23. The second-order valence-corrected chi connectivity index (χ2v) is 8.30. The largest absolute Gasteiger partial charge is 0.497 e. The molecule has 32 heavy (non-hydrogen) atoms. The molecule has 0 radical (unpaired) electrons. The fourth-order valence-corrected chi connectivity index (χ4v) is 4.09. The normalized spacial score (nSPS) is 13.2. The molecule has 2 unspecified atom stereocenters. The van der Waals surface area contributed by atoms with Crippen LogP contribution in [0.1, 0.15) is 37.1 Å². The molecule has 0 saturated heterocycles. The van der Waals surface area contributed by atoms with Gasteiger partial charge in [0.1, 0.15) is 11.5 Å². The fourth-order valence-electron chi connectivity index (χ4n) is 4.09. The molecule has 0 amide bonds. The van der Waals surface area contributed by atoms with Gasteiger partial charge in [-0.25, -0.2) is 0 Å². The van der Waals surface area contributed by atoms with Crippen LogP contribution in [0.3, 0.4) is 0 Å². The Balaban J connectivity index is 1.30. The molecule has 2 N–H and O–H groups in total. The van der Waals surface area contributed by atoms with E-state index in [1.165, 1.54) is 32.7 Å². The van der Waals surface area contributed by atoms with Crippen molar-refractivity contribution in [1.29, 1.82) is 0 Å². The average Bonchev–Trinajstić information content (AvgIpc) is 2.84. The van der Waals surface area contributed by atoms with Crippen molar-refractivity contribution < 1.29 is 9.47 Å². The zero-order valence-corrected chi connectivity index (χ0v) is 19.3. The molecule has 4 rings (SSSR count). The van der Waals surface area contributed by atoms with E-state index in [9.17, 15) is 0 Å². The highest BCUT2D eigenvalue weighted by atomic mass is 16.5. The average molecular weight is 429 g/mol. The van der Waals surface area contributed by atoms with Crippen LogP contribution in [0.4, 0.5) is 0 Å². The van der Waals surface area contributed by atoms with Crippen molar-refractivity contribution in [2.45, 2.75) is 25.9 Å². The second kappa shape index (κ2) is 10.0. The first-order chi connectivity index (χ1) is 15.6. The first-order valence-electron chi connectivity index (χ1n) is 11.2. The first-order valence-corrected chi connectivity index (χ1v) is 11.2. The van der Waals surface area contributed by atoms with Crippen LogP contribution < -0.4 is 20.1 Å². The molecule has 0 aliphatic heterocycles. The van der Waals surface area contributed by atoms with Crippen molar-refractivity contribution in [2.24, 2.45) is 0 Å². The number of fused-ring (bicyclic) bond motifs is 2. The minimum atomic E-state index is 0.286. The monoisotopic (exact) mass is 428 g/mol. The minimum Gasteiger partial charge on any atom is -0.497 e. The highest BCUT2D eigenvalue weighted by molar-refractivity contribution is 5.85. The topological polar surface area (TPSA) is 42.5 Å². The molecule has 4 aromatic carbocycles. The third kappa shape index (κ3) is 5.04. The van der Waals surface area contributed by atoms with Crippen LogP contribution in [-0.4, -0.2) is 27.3 Å². The summed E-state index contributed by atoms with van der Waals surface area (Å²) in [5, 5.41) is 12.1. The van der Waals surface area contributed by atoms with Crippen molar-refractivity contribution in [3.8, 4) is 11.5 Å². The zero-order valence-electron chi connectivity index (χ0n) is 19.3. The third-order valence-corrected chi connectivity index (χ3v) is 6.17. The molecule has 0 spiro atoms. The lowest BCUT2D eigenvalue weighted by atomic mass is 10.0. The number of benzene rings is 4. The lowest BCUT2D eigenvalue weighted by molar-refractivity contribution is 0.415. The summed E-state index contributed by atoms with van der Waals surface area (Å²) >= 11 is 0. The van der Waals surface area contributed by atoms with Gasteiger partial charge in [0.2, 0.25) is 0 Å². The van der Waals surface area contributed by atoms with Gasteiger partial charge in [0.15, 0.2) is 0 Å². The second-order valence-electron chi connectivity index (χ2n) is 8.30. The van der Waals surface area contributed by atoms with Crippen molar-refractivity contribution in [3.63, 3.8) is 0 Å². The molecule has 0 bridgehead atoms. The van der Waals surface area contributed by atoms with Crippen molar-refractivity contribution >= 4 is 21.5 Å². The Morgan fingerprint density at radius 1 is 0.562 bits per heavy atom. The lowest BCUT2D eigenvalue weighted by Gasteiger charge is -2.18. The molecule has 0 saturated carbocycles. The van der Waals surface area contributed by atoms with Crippen LogP contribution >= 0.6 is 0 Å². The lowest BCUT2D eigenvalue weighted by Crippen LogP contribution is -2.30. The first kappa shape index (κ1) is 22.1. The van der Waals surface area contributed by atoms with E-state index in [2.05, 4.69) is 85.1 Å². The molecular weight excluding hydrogens is 396 g/mol. The van der Waals surface area contributed by atoms with E-state index < -0.39 is 0 Å². The van der Waals surface area contributed by atoms with Crippen molar-refractivity contribution in [2.75, 3.05) is 27.3 Å². The highest BCUT2D eigenvalue weighted by Crippen LogP contribution is 2.25. The number of ether oxygens (including phenoxy) is 2. The Morgan fingerprint density at radius 3 is 1.34 bits per heavy atom. The molecule has 0 aliphatic rings. The maximum atomic E-state index is 5.32. The number of nitrogens with one attached hydrogen (secondary N) is 2. The number of methoxy groups -OCH3 is 2. The summed E-state index contributed by atoms with van der Waals surface area (Å²) in [6.07, 6.45) is 0. The number of hydrogen-bond donors (Lipinski definition) is 2. The van der Waals surface area contributed by atoms with E-state index in [1.807, 2.05) is 12.1 Å². The Labute approximate surface area is 190 Å². The molecule has 0 aromatic heterocycles. The highest BCUT2D eigenvalue weighted by Gasteiger charge is 2.09. The van der Waals surface area contributed by atoms with Gasteiger partial charge in [-0.05, 0) is 82.9 Å². The number of rotatable bonds is 9. The van der Waals surface area contributed by atoms with Gasteiger partial charge in [-0.2, -0.15) is 0 Å². The van der Waals surface area contributed by atoms with Gasteiger partial charge in [0.25, 0.3) is 0 Å². The van der Waals surface area contributed by atoms with E-state index in [0.29, 0.717) is 0 Å². The molecule has 0 aliphatic carbocycles. The zero-order chi connectivity index (χ0) is 22.5. The SMILES string of the molecule is COc1ccc2cc(C(C)NCCNC(C)c3ccc4cc(OC)ccc4c3)ccc2c1. The molecular formula is C28H32N2O2. The molecule has 4 heteroatoms. The van der Waals surface area contributed by atoms with E-state index in [-0.39, 0.29) is 12.1 Å². The predicted octanol–water partition coefficient (Wildman–Crippen LogP) is 6.01. The van der Waals surface area contributed by atoms with Crippen molar-refractivity contribution in [3.05, 3.63) is 83.9 Å². The number of hydrogen-bond acceptors (Lipinski definition) is 4. The molecule has 166 valence electrons. The molecule has 4 aromatic rings. The van der Waals surface area contributed by atoms with Gasteiger partial charge < -0.3 is 20.1 Å². The van der Waals surface area contributed by atoms with Gasteiger partial charge in [0.05, 0.1) is 14.2 Å². The van der Waals surface area contributed by atoms with Gasteiger partial charge in [-0.3, -0.25) is 0 Å². The van der Waals surface area contributed by atoms with E-state index >= 15 is 0 Å². The van der Waals surface area contributed by atoms with Crippen LogP contribution in [0, 0.1) is 0 Å². The van der Waals surface area contributed by atoms with E-state index in [1.54, 1.807) is 14.2 Å². The quantitative estimate of drug-likeness (QED) is 0.320. The third-order valence-electron chi connectivity index (χ3n) is 6.17. The molecule has 4 nitrogen and oxygen atoms in total. The van der Waals surface area contributed by atoms with Gasteiger partial charge >= 0.3 is 0 Å². The minimum absolute atomic E-state index is 0.286. The summed E-state index contributed by atoms with van der Waals surface area (Å²) in [4.78, 5) is 0. The molecule has 0 heterocycles. The van der Waals surface area contributed by atoms with Crippen molar-refractivity contribution in [1.82, 2.24) is 10.6 Å². The Hall–Kier alpha value is -3.08. The Morgan fingerprint density at radius 2 is 0.938 bits per heavy atom. The van der Waals surface area contributed by atoms with Crippen LogP contribution in [0.25, 0.3) is 21.5 Å². The van der Waals surface area contributed by atoms with Crippen LogP contribution in [-0.2, 0) is 0 Å².